The van der Waals surface area contributed by atoms with Crippen LogP contribution in [0.15, 0.2) is 29.3 Å². The van der Waals surface area contributed by atoms with Crippen LogP contribution in [0.4, 0.5) is 0 Å². The van der Waals surface area contributed by atoms with E-state index in [-0.39, 0.29) is 0 Å². The molecule has 116 valence electrons. The third-order valence-corrected chi connectivity index (χ3v) is 3.61. The fourth-order valence-corrected chi connectivity index (χ4v) is 2.06. The summed E-state index contributed by atoms with van der Waals surface area (Å²) >= 11 is 0. The number of carbonyl (C=O) groups is 1. The van der Waals surface area contributed by atoms with E-state index in [1.54, 1.807) is 19.2 Å². The Kier molecular flexibility index (Phi) is 7.29. The summed E-state index contributed by atoms with van der Waals surface area (Å²) in [4.78, 5) is 15.4. The molecule has 5 nitrogen and oxygen atoms in total. The maximum absolute atomic E-state index is 11.2. The molecule has 21 heavy (non-hydrogen) atoms. The first kappa shape index (κ1) is 17.0. The van der Waals surface area contributed by atoms with Crippen LogP contribution in [0.25, 0.3) is 0 Å². The average molecular weight is 290 g/mol. The van der Waals surface area contributed by atoms with Crippen LogP contribution in [0.3, 0.4) is 0 Å². The predicted octanol–water partition coefficient (Wildman–Crippen LogP) is 1.89. The van der Waals surface area contributed by atoms with Gasteiger partial charge in [-0.05, 0) is 23.6 Å². The van der Waals surface area contributed by atoms with Crippen LogP contribution < -0.4 is 16.4 Å². The van der Waals surface area contributed by atoms with Crippen molar-refractivity contribution in [3.05, 3.63) is 35.4 Å². The molecule has 5 heteroatoms. The Labute approximate surface area is 127 Å². The van der Waals surface area contributed by atoms with Crippen LogP contribution in [0.2, 0.25) is 0 Å². The summed E-state index contributed by atoms with van der Waals surface area (Å²) in [6.45, 7) is 5.90. The Hall–Kier alpha value is -2.04. The van der Waals surface area contributed by atoms with Gasteiger partial charge in [-0.1, -0.05) is 38.8 Å². The summed E-state index contributed by atoms with van der Waals surface area (Å²) in [5.41, 5.74) is 6.80. The normalized spacial score (nSPS) is 11.5. The lowest BCUT2D eigenvalue weighted by Crippen LogP contribution is -2.39. The highest BCUT2D eigenvalue weighted by molar-refractivity contribution is 5.92. The minimum Gasteiger partial charge on any atom is -0.366 e. The number of guanidine groups is 1. The minimum absolute atomic E-state index is 0.409. The van der Waals surface area contributed by atoms with Crippen molar-refractivity contribution in [2.75, 3.05) is 13.6 Å². The summed E-state index contributed by atoms with van der Waals surface area (Å²) in [6, 6.07) is 7.29. The molecule has 0 heterocycles. The van der Waals surface area contributed by atoms with Crippen LogP contribution >= 0.6 is 0 Å². The fourth-order valence-electron chi connectivity index (χ4n) is 2.06. The van der Waals surface area contributed by atoms with Crippen LogP contribution in [-0.4, -0.2) is 25.5 Å². The van der Waals surface area contributed by atoms with E-state index in [0.717, 1.165) is 30.9 Å². The number of nitrogens with one attached hydrogen (secondary N) is 2. The number of primary amides is 1. The molecule has 0 aromatic heterocycles. The van der Waals surface area contributed by atoms with Gasteiger partial charge in [-0.2, -0.15) is 0 Å². The zero-order valence-corrected chi connectivity index (χ0v) is 13.1. The Bertz CT molecular complexity index is 481. The second-order valence-corrected chi connectivity index (χ2v) is 5.05. The maximum Gasteiger partial charge on any atom is 0.248 e. The monoisotopic (exact) mass is 290 g/mol. The van der Waals surface area contributed by atoms with Crippen molar-refractivity contribution in [2.45, 2.75) is 33.2 Å². The van der Waals surface area contributed by atoms with E-state index < -0.39 is 5.91 Å². The van der Waals surface area contributed by atoms with Gasteiger partial charge in [-0.25, -0.2) is 0 Å². The number of aliphatic imine (C=N–C) groups is 1. The quantitative estimate of drug-likeness (QED) is 0.530. The van der Waals surface area contributed by atoms with E-state index in [9.17, 15) is 4.79 Å². The van der Waals surface area contributed by atoms with Gasteiger partial charge in [0.1, 0.15) is 0 Å². The van der Waals surface area contributed by atoms with Gasteiger partial charge in [0.05, 0.1) is 0 Å². The zero-order valence-electron chi connectivity index (χ0n) is 13.1. The predicted molar refractivity (Wildman–Crippen MR) is 87.2 cm³/mol. The number of nitrogens with two attached hydrogens (primary N) is 1. The third-order valence-electron chi connectivity index (χ3n) is 3.61. The van der Waals surface area contributed by atoms with E-state index >= 15 is 0 Å². The van der Waals surface area contributed by atoms with E-state index in [1.165, 1.54) is 0 Å². The van der Waals surface area contributed by atoms with Gasteiger partial charge in [0.25, 0.3) is 0 Å². The standard InChI is InChI=1S/C16H26N4O/c1-4-12(5-2)10-19-16(18-3)20-11-13-7-6-8-14(9-13)15(17)21/h6-9,12H,4-5,10-11H2,1-3H3,(H2,17,21)(H2,18,19,20). The number of hydrogen-bond donors (Lipinski definition) is 3. The summed E-state index contributed by atoms with van der Waals surface area (Å²) in [6.07, 6.45) is 2.31. The topological polar surface area (TPSA) is 79.5 Å². The van der Waals surface area contributed by atoms with Crippen molar-refractivity contribution in [1.82, 2.24) is 10.6 Å². The van der Waals surface area contributed by atoms with Gasteiger partial charge in [-0.3, -0.25) is 9.79 Å². The maximum atomic E-state index is 11.2. The molecule has 0 unspecified atom stereocenters. The van der Waals surface area contributed by atoms with Crippen LogP contribution in [0.5, 0.6) is 0 Å². The van der Waals surface area contributed by atoms with Crippen molar-refractivity contribution >= 4 is 11.9 Å². The van der Waals surface area contributed by atoms with Crippen molar-refractivity contribution in [3.63, 3.8) is 0 Å². The van der Waals surface area contributed by atoms with Crippen molar-refractivity contribution in [1.29, 1.82) is 0 Å². The molecule has 0 atom stereocenters. The van der Waals surface area contributed by atoms with E-state index in [0.29, 0.717) is 18.0 Å². The molecule has 4 N–H and O–H groups in total. The molecule has 1 amide bonds. The molecule has 0 bridgehead atoms. The first-order chi connectivity index (χ1) is 10.1. The molecule has 0 fully saturated rings. The van der Waals surface area contributed by atoms with Gasteiger partial charge in [0.2, 0.25) is 5.91 Å². The molecule has 0 aliphatic carbocycles. The number of hydrogen-bond acceptors (Lipinski definition) is 2. The molecule has 0 aliphatic heterocycles. The second kappa shape index (κ2) is 9.00. The molecule has 1 aromatic rings. The van der Waals surface area contributed by atoms with Gasteiger partial charge in [0, 0.05) is 25.7 Å². The first-order valence-corrected chi connectivity index (χ1v) is 7.43. The summed E-state index contributed by atoms with van der Waals surface area (Å²) in [5, 5.41) is 6.57. The Morgan fingerprint density at radius 3 is 2.57 bits per heavy atom. The molecule has 0 saturated heterocycles. The lowest BCUT2D eigenvalue weighted by atomic mass is 10.0. The molecule has 1 aromatic carbocycles. The molecule has 0 saturated carbocycles. The third kappa shape index (κ3) is 5.85. The van der Waals surface area contributed by atoms with Gasteiger partial charge in [0.15, 0.2) is 5.96 Å². The zero-order chi connectivity index (χ0) is 15.7. The highest BCUT2D eigenvalue weighted by Gasteiger charge is 2.05. The summed E-state index contributed by atoms with van der Waals surface area (Å²) < 4.78 is 0. The minimum atomic E-state index is -0.409. The Morgan fingerprint density at radius 2 is 2.00 bits per heavy atom. The lowest BCUT2D eigenvalue weighted by molar-refractivity contribution is 0.1000. The highest BCUT2D eigenvalue weighted by atomic mass is 16.1. The Balaban J connectivity index is 2.52. The second-order valence-electron chi connectivity index (χ2n) is 5.05. The number of benzene rings is 1. The molecule has 1 rings (SSSR count). The molecular weight excluding hydrogens is 264 g/mol. The molecule has 0 radical (unpaired) electrons. The van der Waals surface area contributed by atoms with Crippen molar-refractivity contribution in [2.24, 2.45) is 16.6 Å². The van der Waals surface area contributed by atoms with E-state index in [1.807, 2.05) is 12.1 Å². The number of amides is 1. The largest absolute Gasteiger partial charge is 0.366 e. The Morgan fingerprint density at radius 1 is 1.29 bits per heavy atom. The summed E-state index contributed by atoms with van der Waals surface area (Å²) in [7, 11) is 1.75. The molecule has 0 aliphatic rings. The van der Waals surface area contributed by atoms with Crippen LogP contribution in [-0.2, 0) is 6.54 Å². The van der Waals surface area contributed by atoms with E-state index in [2.05, 4.69) is 29.5 Å². The van der Waals surface area contributed by atoms with Crippen LogP contribution in [0, 0.1) is 5.92 Å². The lowest BCUT2D eigenvalue weighted by Gasteiger charge is -2.16. The van der Waals surface area contributed by atoms with E-state index in [4.69, 9.17) is 5.73 Å². The fraction of sp³-hybridized carbons (Fsp3) is 0.500. The first-order valence-electron chi connectivity index (χ1n) is 7.43. The van der Waals surface area contributed by atoms with Gasteiger partial charge in [-0.15, -0.1) is 0 Å². The number of rotatable bonds is 7. The average Bonchev–Trinajstić information content (AvgIpc) is 2.51. The molecular formula is C16H26N4O. The van der Waals surface area contributed by atoms with Crippen molar-refractivity contribution < 1.29 is 4.79 Å². The smallest absolute Gasteiger partial charge is 0.248 e. The van der Waals surface area contributed by atoms with Crippen LogP contribution in [0.1, 0.15) is 42.6 Å². The van der Waals surface area contributed by atoms with Gasteiger partial charge >= 0.3 is 0 Å². The SMILES string of the molecule is CCC(CC)CNC(=NC)NCc1cccc(C(N)=O)c1. The van der Waals surface area contributed by atoms with Crippen molar-refractivity contribution in [3.8, 4) is 0 Å². The van der Waals surface area contributed by atoms with Gasteiger partial charge < -0.3 is 16.4 Å². The number of carbonyl (C=O) groups excluding carboxylic acids is 1. The summed E-state index contributed by atoms with van der Waals surface area (Å²) in [5.74, 6) is 1.02. The highest BCUT2D eigenvalue weighted by Crippen LogP contribution is 2.06. The molecule has 0 spiro atoms. The number of nitrogens with zero attached hydrogens (tertiary/aromatic N) is 1.